The second kappa shape index (κ2) is 3.29. The summed E-state index contributed by atoms with van der Waals surface area (Å²) in [5.74, 6) is 0.648. The Kier molecular flexibility index (Phi) is 2.55. The second-order valence-corrected chi connectivity index (χ2v) is 2.70. The first-order valence-electron chi connectivity index (χ1n) is 3.23. The lowest BCUT2D eigenvalue weighted by molar-refractivity contribution is 1.07. The van der Waals surface area contributed by atoms with E-state index in [0.717, 1.165) is 5.69 Å². The first-order chi connectivity index (χ1) is 5.27. The molecule has 3 nitrogen and oxygen atoms in total. The Morgan fingerprint density at radius 1 is 1.50 bits per heavy atom. The summed E-state index contributed by atoms with van der Waals surface area (Å²) >= 11 is 5.89. The van der Waals surface area contributed by atoms with Gasteiger partial charge in [0.25, 0.3) is 0 Å². The van der Waals surface area contributed by atoms with Gasteiger partial charge >= 0.3 is 0 Å². The Bertz CT molecular complexity index is 396. The molecule has 64 valence electrons. The van der Waals surface area contributed by atoms with Gasteiger partial charge in [-0.1, -0.05) is 11.6 Å². The highest BCUT2D eigenvalue weighted by Gasteiger charge is 1.99. The number of nitrogens with zero attached hydrogens (tertiary/aromatic N) is 3. The van der Waals surface area contributed by atoms with Crippen LogP contribution in [-0.4, -0.2) is 14.4 Å². The van der Waals surface area contributed by atoms with Gasteiger partial charge in [0.05, 0.1) is 0 Å². The number of hydrogen-bond donors (Lipinski definition) is 0. The summed E-state index contributed by atoms with van der Waals surface area (Å²) in [5, 5.41) is 0.644. The van der Waals surface area contributed by atoms with E-state index in [1.165, 1.54) is 0 Å². The van der Waals surface area contributed by atoms with Crippen molar-refractivity contribution in [3.8, 4) is 0 Å². The maximum atomic E-state index is 5.89. The van der Waals surface area contributed by atoms with E-state index < -0.39 is 0 Å². The number of aromatic nitrogens is 3. The smallest absolute Gasteiger partial charge is 0.235 e. The monoisotopic (exact) mass is 203 g/mol. The highest BCUT2D eigenvalue weighted by atomic mass is 35.5. The summed E-state index contributed by atoms with van der Waals surface area (Å²) < 4.78 is 1.73. The number of halogens is 2. The van der Waals surface area contributed by atoms with E-state index in [4.69, 9.17) is 11.6 Å². The van der Waals surface area contributed by atoms with Gasteiger partial charge in [-0.05, 0) is 13.0 Å². The molecule has 0 amide bonds. The van der Waals surface area contributed by atoms with Crippen LogP contribution in [0.3, 0.4) is 0 Å². The van der Waals surface area contributed by atoms with Crippen LogP contribution in [0.5, 0.6) is 0 Å². The maximum Gasteiger partial charge on any atom is 0.235 e. The largest absolute Gasteiger partial charge is 0.274 e. The van der Waals surface area contributed by atoms with Gasteiger partial charge in [-0.3, -0.25) is 4.40 Å². The lowest BCUT2D eigenvalue weighted by Crippen LogP contribution is -1.91. The normalized spacial score (nSPS) is 9.83. The molecule has 0 aromatic carbocycles. The topological polar surface area (TPSA) is 30.2 Å². The van der Waals surface area contributed by atoms with Crippen LogP contribution in [0, 0.1) is 6.92 Å². The summed E-state index contributed by atoms with van der Waals surface area (Å²) in [6, 6.07) is 1.80. The molecule has 0 spiro atoms. The molecular formula is C7H7Cl2N3. The second-order valence-electron chi connectivity index (χ2n) is 2.32. The van der Waals surface area contributed by atoms with Gasteiger partial charge in [0.1, 0.15) is 5.15 Å². The van der Waals surface area contributed by atoms with Gasteiger partial charge in [0.15, 0.2) is 0 Å². The van der Waals surface area contributed by atoms with Crippen LogP contribution in [-0.2, 0) is 0 Å². The minimum absolute atomic E-state index is 0. The zero-order chi connectivity index (χ0) is 7.84. The van der Waals surface area contributed by atoms with Crippen molar-refractivity contribution in [2.75, 3.05) is 0 Å². The number of rotatable bonds is 0. The van der Waals surface area contributed by atoms with E-state index in [-0.39, 0.29) is 12.4 Å². The first kappa shape index (κ1) is 9.29. The van der Waals surface area contributed by atoms with E-state index in [9.17, 15) is 0 Å². The van der Waals surface area contributed by atoms with E-state index in [1.807, 2.05) is 6.92 Å². The third kappa shape index (κ3) is 1.38. The summed E-state index contributed by atoms with van der Waals surface area (Å²) in [7, 11) is 0. The van der Waals surface area contributed by atoms with Gasteiger partial charge in [0, 0.05) is 18.1 Å². The molecule has 2 rings (SSSR count). The van der Waals surface area contributed by atoms with Gasteiger partial charge in [-0.15, -0.1) is 12.4 Å². The van der Waals surface area contributed by atoms with E-state index in [1.54, 1.807) is 22.9 Å². The van der Waals surface area contributed by atoms with Crippen LogP contribution in [0.2, 0.25) is 5.15 Å². The molecule has 0 unspecified atom stereocenters. The molecule has 0 radical (unpaired) electrons. The van der Waals surface area contributed by atoms with Crippen molar-refractivity contribution in [1.82, 2.24) is 14.4 Å². The van der Waals surface area contributed by atoms with Crippen LogP contribution in [0.15, 0.2) is 18.5 Å². The molecule has 0 aliphatic rings. The number of fused-ring (bicyclic) bond motifs is 1. The fraction of sp³-hybridized carbons (Fsp3) is 0.143. The highest BCUT2D eigenvalue weighted by molar-refractivity contribution is 6.29. The molecule has 2 aromatic rings. The lowest BCUT2D eigenvalue weighted by atomic mass is 10.5. The van der Waals surface area contributed by atoms with Crippen LogP contribution in [0.4, 0.5) is 0 Å². The SMILES string of the molecule is Cc1cc(Cl)n2ccnc2n1.Cl. The molecule has 0 fully saturated rings. The summed E-state index contributed by atoms with van der Waals surface area (Å²) in [4.78, 5) is 8.17. The quantitative estimate of drug-likeness (QED) is 0.615. The van der Waals surface area contributed by atoms with Crippen LogP contribution >= 0.6 is 24.0 Å². The Balaban J connectivity index is 0.000000720. The average Bonchev–Trinajstić information content (AvgIpc) is 2.34. The van der Waals surface area contributed by atoms with Gasteiger partial charge in [-0.2, -0.15) is 0 Å². The molecule has 5 heteroatoms. The number of imidazole rings is 1. The number of hydrogen-bond acceptors (Lipinski definition) is 2. The minimum atomic E-state index is 0. The molecular weight excluding hydrogens is 197 g/mol. The summed E-state index contributed by atoms with van der Waals surface area (Å²) in [6.45, 7) is 1.89. The fourth-order valence-corrected chi connectivity index (χ4v) is 1.27. The van der Waals surface area contributed by atoms with Crippen molar-refractivity contribution in [3.63, 3.8) is 0 Å². The van der Waals surface area contributed by atoms with E-state index in [2.05, 4.69) is 9.97 Å². The molecule has 2 heterocycles. The molecule has 0 bridgehead atoms. The van der Waals surface area contributed by atoms with Gasteiger partial charge in [0.2, 0.25) is 5.78 Å². The number of aryl methyl sites for hydroxylation is 1. The summed E-state index contributed by atoms with van der Waals surface area (Å²) in [5.41, 5.74) is 0.883. The van der Waals surface area contributed by atoms with Crippen LogP contribution in [0.25, 0.3) is 5.78 Å². The predicted octanol–water partition coefficient (Wildman–Crippen LogP) is 2.11. The third-order valence-corrected chi connectivity index (χ3v) is 1.75. The first-order valence-corrected chi connectivity index (χ1v) is 3.61. The van der Waals surface area contributed by atoms with E-state index in [0.29, 0.717) is 10.9 Å². The van der Waals surface area contributed by atoms with Crippen LogP contribution in [0.1, 0.15) is 5.69 Å². The lowest BCUT2D eigenvalue weighted by Gasteiger charge is -1.96. The fourth-order valence-electron chi connectivity index (χ4n) is 0.977. The molecule has 0 saturated carbocycles. The maximum absolute atomic E-state index is 5.89. The summed E-state index contributed by atoms with van der Waals surface area (Å²) in [6.07, 6.45) is 3.46. The molecule has 0 aliphatic carbocycles. The predicted molar refractivity (Wildman–Crippen MR) is 50.0 cm³/mol. The molecule has 0 atom stereocenters. The highest BCUT2D eigenvalue weighted by Crippen LogP contribution is 2.10. The van der Waals surface area contributed by atoms with Crippen LogP contribution < -0.4 is 0 Å². The Labute approximate surface area is 80.8 Å². The van der Waals surface area contributed by atoms with Crippen molar-refractivity contribution in [2.24, 2.45) is 0 Å². The standard InChI is InChI=1S/C7H6ClN3.ClH/c1-5-4-6(8)11-3-2-9-7(11)10-5;/h2-4H,1H3;1H. The molecule has 12 heavy (non-hydrogen) atoms. The Morgan fingerprint density at radius 3 is 3.00 bits per heavy atom. The zero-order valence-corrected chi connectivity index (χ0v) is 7.93. The van der Waals surface area contributed by atoms with Gasteiger partial charge in [-0.25, -0.2) is 9.97 Å². The Hall–Kier alpha value is -0.800. The van der Waals surface area contributed by atoms with Crippen molar-refractivity contribution < 1.29 is 0 Å². The van der Waals surface area contributed by atoms with E-state index >= 15 is 0 Å². The molecule has 0 aliphatic heterocycles. The van der Waals surface area contributed by atoms with Crippen molar-refractivity contribution in [1.29, 1.82) is 0 Å². The zero-order valence-electron chi connectivity index (χ0n) is 6.36. The molecule has 2 aromatic heterocycles. The average molecular weight is 204 g/mol. The minimum Gasteiger partial charge on any atom is -0.274 e. The van der Waals surface area contributed by atoms with Crippen molar-refractivity contribution >= 4 is 29.8 Å². The third-order valence-electron chi connectivity index (χ3n) is 1.46. The Morgan fingerprint density at radius 2 is 2.25 bits per heavy atom. The van der Waals surface area contributed by atoms with Gasteiger partial charge < -0.3 is 0 Å². The molecule has 0 saturated heterocycles. The van der Waals surface area contributed by atoms with Crippen molar-refractivity contribution in [3.05, 3.63) is 29.3 Å². The molecule has 0 N–H and O–H groups in total. The van der Waals surface area contributed by atoms with Crippen molar-refractivity contribution in [2.45, 2.75) is 6.92 Å².